The van der Waals surface area contributed by atoms with Gasteiger partial charge in [-0.3, -0.25) is 0 Å². The molecule has 2 rings (SSSR count). The first kappa shape index (κ1) is 17.4. The Morgan fingerprint density at radius 1 is 0.783 bits per heavy atom. The van der Waals surface area contributed by atoms with E-state index >= 15 is 0 Å². The predicted octanol–water partition coefficient (Wildman–Crippen LogP) is 6.02. The third kappa shape index (κ3) is 5.31. The van der Waals surface area contributed by atoms with Gasteiger partial charge in [-0.25, -0.2) is 0 Å². The van der Waals surface area contributed by atoms with E-state index in [1.807, 2.05) is 12.1 Å². The van der Waals surface area contributed by atoms with Gasteiger partial charge in [-0.15, -0.1) is 0 Å². The number of unbranched alkanes of at least 4 members (excludes halogenated alkanes) is 2. The van der Waals surface area contributed by atoms with Crippen LogP contribution in [0.3, 0.4) is 0 Å². The van der Waals surface area contributed by atoms with Crippen molar-refractivity contribution in [3.63, 3.8) is 0 Å². The van der Waals surface area contributed by atoms with E-state index in [1.165, 1.54) is 11.1 Å². The van der Waals surface area contributed by atoms with Gasteiger partial charge in [-0.2, -0.15) is 0 Å². The van der Waals surface area contributed by atoms with Crippen LogP contribution < -0.4 is 9.47 Å². The van der Waals surface area contributed by atoms with Crippen LogP contribution in [0.5, 0.6) is 11.5 Å². The van der Waals surface area contributed by atoms with Crippen LogP contribution in [0.4, 0.5) is 0 Å². The quantitative estimate of drug-likeness (QED) is 0.527. The van der Waals surface area contributed by atoms with Gasteiger partial charge in [-0.05, 0) is 37.5 Å². The van der Waals surface area contributed by atoms with E-state index < -0.39 is 0 Å². The Bertz CT molecular complexity index is 587. The Kier molecular flexibility index (Phi) is 6.99. The lowest BCUT2D eigenvalue weighted by molar-refractivity contribution is 0.295. The van der Waals surface area contributed by atoms with Gasteiger partial charge in [0.25, 0.3) is 0 Å². The summed E-state index contributed by atoms with van der Waals surface area (Å²) >= 11 is 0. The van der Waals surface area contributed by atoms with E-state index in [-0.39, 0.29) is 0 Å². The van der Waals surface area contributed by atoms with E-state index in [4.69, 9.17) is 9.47 Å². The van der Waals surface area contributed by atoms with Crippen LogP contribution in [0.25, 0.3) is 11.1 Å². The molecule has 23 heavy (non-hydrogen) atoms. The van der Waals surface area contributed by atoms with Crippen LogP contribution in [0.15, 0.2) is 42.5 Å². The average molecular weight is 312 g/mol. The number of ether oxygens (including phenoxy) is 2. The summed E-state index contributed by atoms with van der Waals surface area (Å²) in [4.78, 5) is 0. The first-order valence-electron chi connectivity index (χ1n) is 8.71. The zero-order valence-electron chi connectivity index (χ0n) is 14.6. The van der Waals surface area contributed by atoms with Gasteiger partial charge < -0.3 is 9.47 Å². The van der Waals surface area contributed by atoms with Gasteiger partial charge in [-0.1, -0.05) is 56.5 Å². The van der Waals surface area contributed by atoms with Crippen molar-refractivity contribution in [2.24, 2.45) is 0 Å². The minimum Gasteiger partial charge on any atom is -0.493 e. The van der Waals surface area contributed by atoms with Crippen LogP contribution in [0.2, 0.25) is 0 Å². The molecule has 0 bridgehead atoms. The summed E-state index contributed by atoms with van der Waals surface area (Å²) < 4.78 is 11.9. The molecule has 0 saturated heterocycles. The van der Waals surface area contributed by atoms with Gasteiger partial charge >= 0.3 is 0 Å². The average Bonchev–Trinajstić information content (AvgIpc) is 2.57. The van der Waals surface area contributed by atoms with Crippen molar-refractivity contribution in [1.29, 1.82) is 0 Å². The molecular weight excluding hydrogens is 284 g/mol. The molecule has 0 saturated carbocycles. The Morgan fingerprint density at radius 2 is 1.43 bits per heavy atom. The molecule has 0 radical (unpaired) electrons. The molecule has 124 valence electrons. The van der Waals surface area contributed by atoms with E-state index in [1.54, 1.807) is 0 Å². The maximum atomic E-state index is 6.03. The topological polar surface area (TPSA) is 18.5 Å². The summed E-state index contributed by atoms with van der Waals surface area (Å²) in [5.74, 6) is 1.80. The molecule has 0 amide bonds. The summed E-state index contributed by atoms with van der Waals surface area (Å²) in [6, 6.07) is 14.7. The monoisotopic (exact) mass is 312 g/mol. The SMILES string of the molecule is CCCCOc1ccc(-c2ccc(C)cc2)c(OCCCC)c1. The molecular formula is C21H28O2. The molecule has 0 aliphatic rings. The van der Waals surface area contributed by atoms with Crippen molar-refractivity contribution in [2.45, 2.75) is 46.5 Å². The van der Waals surface area contributed by atoms with E-state index in [0.717, 1.165) is 56.0 Å². The molecule has 0 aromatic heterocycles. The first-order chi connectivity index (χ1) is 11.2. The molecule has 0 fully saturated rings. The second-order valence-corrected chi connectivity index (χ2v) is 5.93. The summed E-state index contributed by atoms with van der Waals surface area (Å²) in [5, 5.41) is 0. The van der Waals surface area contributed by atoms with Crippen LogP contribution in [-0.4, -0.2) is 13.2 Å². The summed E-state index contributed by atoms with van der Waals surface area (Å²) in [5.41, 5.74) is 3.58. The van der Waals surface area contributed by atoms with Gasteiger partial charge in [0.05, 0.1) is 13.2 Å². The van der Waals surface area contributed by atoms with Gasteiger partial charge in [0, 0.05) is 11.6 Å². The molecule has 0 atom stereocenters. The highest BCUT2D eigenvalue weighted by Crippen LogP contribution is 2.34. The fourth-order valence-electron chi connectivity index (χ4n) is 2.34. The number of benzene rings is 2. The summed E-state index contributed by atoms with van der Waals surface area (Å²) in [6.45, 7) is 7.95. The minimum atomic E-state index is 0.744. The van der Waals surface area contributed by atoms with E-state index in [2.05, 4.69) is 51.1 Å². The minimum absolute atomic E-state index is 0.744. The zero-order valence-corrected chi connectivity index (χ0v) is 14.6. The predicted molar refractivity (Wildman–Crippen MR) is 97.4 cm³/mol. The van der Waals surface area contributed by atoms with Crippen LogP contribution in [0, 0.1) is 6.92 Å². The third-order valence-electron chi connectivity index (χ3n) is 3.84. The highest BCUT2D eigenvalue weighted by atomic mass is 16.5. The van der Waals surface area contributed by atoms with Gasteiger partial charge in [0.2, 0.25) is 0 Å². The highest BCUT2D eigenvalue weighted by Gasteiger charge is 2.09. The van der Waals surface area contributed by atoms with Crippen molar-refractivity contribution in [3.05, 3.63) is 48.0 Å². The Balaban J connectivity index is 2.22. The number of hydrogen-bond donors (Lipinski definition) is 0. The van der Waals surface area contributed by atoms with Gasteiger partial charge in [0.1, 0.15) is 11.5 Å². The second kappa shape index (κ2) is 9.24. The molecule has 0 spiro atoms. The van der Waals surface area contributed by atoms with Crippen molar-refractivity contribution >= 4 is 0 Å². The molecule has 2 nitrogen and oxygen atoms in total. The van der Waals surface area contributed by atoms with Gasteiger partial charge in [0.15, 0.2) is 0 Å². The third-order valence-corrected chi connectivity index (χ3v) is 3.84. The van der Waals surface area contributed by atoms with Crippen LogP contribution in [0.1, 0.15) is 45.1 Å². The smallest absolute Gasteiger partial charge is 0.130 e. The molecule has 2 aromatic carbocycles. The lowest BCUT2D eigenvalue weighted by Crippen LogP contribution is -2.00. The lowest BCUT2D eigenvalue weighted by atomic mass is 10.0. The zero-order chi connectivity index (χ0) is 16.5. The first-order valence-corrected chi connectivity index (χ1v) is 8.71. The largest absolute Gasteiger partial charge is 0.493 e. The van der Waals surface area contributed by atoms with Crippen molar-refractivity contribution in [3.8, 4) is 22.6 Å². The summed E-state index contributed by atoms with van der Waals surface area (Å²) in [6.07, 6.45) is 4.41. The highest BCUT2D eigenvalue weighted by molar-refractivity contribution is 5.71. The number of aryl methyl sites for hydroxylation is 1. The van der Waals surface area contributed by atoms with Crippen molar-refractivity contribution in [1.82, 2.24) is 0 Å². The molecule has 0 heterocycles. The van der Waals surface area contributed by atoms with E-state index in [9.17, 15) is 0 Å². The van der Waals surface area contributed by atoms with Crippen molar-refractivity contribution < 1.29 is 9.47 Å². The maximum Gasteiger partial charge on any atom is 0.130 e. The lowest BCUT2D eigenvalue weighted by Gasteiger charge is -2.14. The molecule has 2 aromatic rings. The molecule has 0 unspecified atom stereocenters. The van der Waals surface area contributed by atoms with Crippen molar-refractivity contribution in [2.75, 3.05) is 13.2 Å². The number of hydrogen-bond acceptors (Lipinski definition) is 2. The Morgan fingerprint density at radius 3 is 2.09 bits per heavy atom. The van der Waals surface area contributed by atoms with Crippen LogP contribution in [-0.2, 0) is 0 Å². The second-order valence-electron chi connectivity index (χ2n) is 5.93. The molecule has 0 N–H and O–H groups in total. The molecule has 0 aliphatic heterocycles. The standard InChI is InChI=1S/C21H28O2/c1-4-6-14-22-19-12-13-20(18-10-8-17(3)9-11-18)21(16-19)23-15-7-5-2/h8-13,16H,4-7,14-15H2,1-3H3. The normalized spacial score (nSPS) is 10.6. The molecule has 2 heteroatoms. The van der Waals surface area contributed by atoms with Crippen LogP contribution >= 0.6 is 0 Å². The fourth-order valence-corrected chi connectivity index (χ4v) is 2.34. The Labute approximate surface area is 140 Å². The fraction of sp³-hybridized carbons (Fsp3) is 0.429. The number of rotatable bonds is 9. The Hall–Kier alpha value is -1.96. The summed E-state index contributed by atoms with van der Waals surface area (Å²) in [7, 11) is 0. The molecule has 0 aliphatic carbocycles. The maximum absolute atomic E-state index is 6.03. The van der Waals surface area contributed by atoms with E-state index in [0.29, 0.717) is 0 Å².